The molecule has 2 aromatic rings. The topological polar surface area (TPSA) is 98.0 Å². The van der Waals surface area contributed by atoms with Gasteiger partial charge >= 0.3 is 6.01 Å². The Bertz CT molecular complexity index is 593. The van der Waals surface area contributed by atoms with Gasteiger partial charge in [-0.2, -0.15) is 15.0 Å². The van der Waals surface area contributed by atoms with Crippen LogP contribution in [-0.2, 0) is 0 Å². The van der Waals surface area contributed by atoms with E-state index in [1.54, 1.807) is 0 Å². The van der Waals surface area contributed by atoms with Crippen molar-refractivity contribution in [2.75, 3.05) is 17.9 Å². The van der Waals surface area contributed by atoms with E-state index in [2.05, 4.69) is 25.7 Å². The van der Waals surface area contributed by atoms with Gasteiger partial charge in [-0.3, -0.25) is 5.43 Å². The van der Waals surface area contributed by atoms with Crippen molar-refractivity contribution in [3.05, 3.63) is 29.6 Å². The first-order valence-corrected chi connectivity index (χ1v) is 5.21. The molecule has 0 aliphatic rings. The summed E-state index contributed by atoms with van der Waals surface area (Å²) in [5, 5.41) is 2.48. The highest BCUT2D eigenvalue weighted by Gasteiger charge is 2.12. The zero-order chi connectivity index (χ0) is 14.7. The van der Waals surface area contributed by atoms with Gasteiger partial charge < -0.3 is 10.1 Å². The fourth-order valence-electron chi connectivity index (χ4n) is 1.33. The number of aromatic nitrogens is 3. The molecule has 2 rings (SSSR count). The van der Waals surface area contributed by atoms with E-state index in [-0.39, 0.29) is 23.6 Å². The number of rotatable bonds is 4. The third kappa shape index (κ3) is 2.85. The first-order valence-electron chi connectivity index (χ1n) is 5.21. The number of nitrogens with one attached hydrogen (secondary N) is 2. The highest BCUT2D eigenvalue weighted by molar-refractivity contribution is 5.54. The van der Waals surface area contributed by atoms with Crippen molar-refractivity contribution in [3.63, 3.8) is 0 Å². The highest BCUT2D eigenvalue weighted by Crippen LogP contribution is 2.20. The second-order valence-corrected chi connectivity index (χ2v) is 3.49. The van der Waals surface area contributed by atoms with Crippen molar-refractivity contribution < 1.29 is 17.9 Å². The molecule has 4 N–H and O–H groups in total. The molecule has 10 heteroatoms. The number of hydrogen-bond donors (Lipinski definition) is 3. The maximum atomic E-state index is 13.1. The summed E-state index contributed by atoms with van der Waals surface area (Å²) in [5.41, 5.74) is 2.08. The Labute approximate surface area is 111 Å². The normalized spacial score (nSPS) is 10.2. The molecular formula is C10H9F3N6O. The molecule has 0 spiro atoms. The Morgan fingerprint density at radius 2 is 1.65 bits per heavy atom. The molecule has 20 heavy (non-hydrogen) atoms. The second kappa shape index (κ2) is 5.57. The van der Waals surface area contributed by atoms with Crippen LogP contribution in [0, 0.1) is 17.5 Å². The summed E-state index contributed by atoms with van der Waals surface area (Å²) in [4.78, 5) is 11.3. The van der Waals surface area contributed by atoms with E-state index < -0.39 is 17.5 Å². The van der Waals surface area contributed by atoms with Gasteiger partial charge in [0.05, 0.1) is 7.11 Å². The van der Waals surface area contributed by atoms with Crippen molar-refractivity contribution in [1.82, 2.24) is 15.0 Å². The molecule has 106 valence electrons. The van der Waals surface area contributed by atoms with Gasteiger partial charge in [0.2, 0.25) is 11.9 Å². The molecule has 1 aromatic carbocycles. The molecule has 0 bridgehead atoms. The maximum absolute atomic E-state index is 13.1. The molecule has 0 atom stereocenters. The average molecular weight is 286 g/mol. The molecule has 7 nitrogen and oxygen atoms in total. The number of hydrogen-bond acceptors (Lipinski definition) is 7. The highest BCUT2D eigenvalue weighted by atomic mass is 19.2. The lowest BCUT2D eigenvalue weighted by atomic mass is 10.3. The van der Waals surface area contributed by atoms with E-state index >= 15 is 0 Å². The molecule has 0 aliphatic carbocycles. The molecule has 0 aliphatic heterocycles. The molecule has 0 amide bonds. The van der Waals surface area contributed by atoms with Crippen molar-refractivity contribution in [1.29, 1.82) is 0 Å². The maximum Gasteiger partial charge on any atom is 0.322 e. The van der Waals surface area contributed by atoms with Gasteiger partial charge in [-0.1, -0.05) is 0 Å². The van der Waals surface area contributed by atoms with E-state index in [0.717, 1.165) is 12.1 Å². The Morgan fingerprint density at radius 1 is 1.05 bits per heavy atom. The second-order valence-electron chi connectivity index (χ2n) is 3.49. The number of methoxy groups -OCH3 is 1. The summed E-state index contributed by atoms with van der Waals surface area (Å²) in [5.74, 6) is 0.789. The Hall–Kier alpha value is -2.62. The van der Waals surface area contributed by atoms with Crippen LogP contribution in [0.25, 0.3) is 0 Å². The average Bonchev–Trinajstić information content (AvgIpc) is 2.44. The number of anilines is 3. The van der Waals surface area contributed by atoms with Gasteiger partial charge in [-0.15, -0.1) is 0 Å². The van der Waals surface area contributed by atoms with Gasteiger partial charge in [0.1, 0.15) is 0 Å². The minimum atomic E-state index is -1.56. The Kier molecular flexibility index (Phi) is 3.84. The third-order valence-electron chi connectivity index (χ3n) is 2.17. The molecule has 1 aromatic heterocycles. The van der Waals surface area contributed by atoms with Gasteiger partial charge in [0.25, 0.3) is 0 Å². The van der Waals surface area contributed by atoms with Crippen LogP contribution < -0.4 is 21.3 Å². The lowest BCUT2D eigenvalue weighted by Gasteiger charge is -2.08. The van der Waals surface area contributed by atoms with Crippen molar-refractivity contribution >= 4 is 17.6 Å². The van der Waals surface area contributed by atoms with Gasteiger partial charge in [-0.05, 0) is 0 Å². The van der Waals surface area contributed by atoms with Gasteiger partial charge in [0, 0.05) is 17.8 Å². The van der Waals surface area contributed by atoms with Crippen LogP contribution in [0.2, 0.25) is 0 Å². The van der Waals surface area contributed by atoms with Crippen molar-refractivity contribution in [2.45, 2.75) is 0 Å². The molecule has 0 radical (unpaired) electrons. The third-order valence-corrected chi connectivity index (χ3v) is 2.17. The zero-order valence-corrected chi connectivity index (χ0v) is 10.1. The van der Waals surface area contributed by atoms with Crippen LogP contribution in [0.15, 0.2) is 12.1 Å². The van der Waals surface area contributed by atoms with Crippen LogP contribution >= 0.6 is 0 Å². The number of nitrogen functional groups attached to an aromatic ring is 1. The number of hydrazine groups is 1. The summed E-state index contributed by atoms with van der Waals surface area (Å²) >= 11 is 0. The van der Waals surface area contributed by atoms with Gasteiger partial charge in [0.15, 0.2) is 17.5 Å². The molecule has 1 heterocycles. The standard InChI is InChI=1S/C10H9F3N6O/c1-20-10-17-8(16-9(18-10)19-14)15-4-2-5(11)7(13)6(12)3-4/h2-3H,14H2,1H3,(H2,15,16,17,18,19). The molecular weight excluding hydrogens is 277 g/mol. The number of halogens is 3. The predicted molar refractivity (Wildman–Crippen MR) is 63.8 cm³/mol. The van der Waals surface area contributed by atoms with E-state index in [0.29, 0.717) is 0 Å². The van der Waals surface area contributed by atoms with Crippen molar-refractivity contribution in [3.8, 4) is 6.01 Å². The fraction of sp³-hybridized carbons (Fsp3) is 0.100. The quantitative estimate of drug-likeness (QED) is 0.443. The lowest BCUT2D eigenvalue weighted by Crippen LogP contribution is -2.13. The number of nitrogens with zero attached hydrogens (tertiary/aromatic N) is 3. The van der Waals surface area contributed by atoms with E-state index in [1.165, 1.54) is 7.11 Å². The summed E-state index contributed by atoms with van der Waals surface area (Å²) in [6, 6.07) is 1.44. The van der Waals surface area contributed by atoms with Crippen LogP contribution in [0.5, 0.6) is 6.01 Å². The van der Waals surface area contributed by atoms with E-state index in [4.69, 9.17) is 10.6 Å². The van der Waals surface area contributed by atoms with E-state index in [1.807, 2.05) is 0 Å². The smallest absolute Gasteiger partial charge is 0.322 e. The Balaban J connectivity index is 2.34. The van der Waals surface area contributed by atoms with Crippen LogP contribution in [0.1, 0.15) is 0 Å². The summed E-state index contributed by atoms with van der Waals surface area (Å²) in [7, 11) is 1.32. The first kappa shape index (κ1) is 13.8. The lowest BCUT2D eigenvalue weighted by molar-refractivity contribution is 0.379. The largest absolute Gasteiger partial charge is 0.467 e. The summed E-state index contributed by atoms with van der Waals surface area (Å²) < 4.78 is 43.8. The zero-order valence-electron chi connectivity index (χ0n) is 10.1. The number of nitrogens with two attached hydrogens (primary N) is 1. The van der Waals surface area contributed by atoms with Crippen LogP contribution in [0.4, 0.5) is 30.8 Å². The fourth-order valence-corrected chi connectivity index (χ4v) is 1.33. The molecule has 0 unspecified atom stereocenters. The molecule has 0 saturated heterocycles. The summed E-state index contributed by atoms with van der Waals surface area (Å²) in [6.45, 7) is 0. The van der Waals surface area contributed by atoms with E-state index in [9.17, 15) is 13.2 Å². The summed E-state index contributed by atoms with van der Waals surface area (Å²) in [6.07, 6.45) is 0. The van der Waals surface area contributed by atoms with Crippen LogP contribution in [-0.4, -0.2) is 22.1 Å². The van der Waals surface area contributed by atoms with Gasteiger partial charge in [-0.25, -0.2) is 19.0 Å². The molecule has 0 saturated carbocycles. The van der Waals surface area contributed by atoms with Crippen molar-refractivity contribution in [2.24, 2.45) is 5.84 Å². The minimum Gasteiger partial charge on any atom is -0.467 e. The number of ether oxygens (including phenoxy) is 1. The van der Waals surface area contributed by atoms with Crippen LogP contribution in [0.3, 0.4) is 0 Å². The Morgan fingerprint density at radius 3 is 2.20 bits per heavy atom. The first-order chi connectivity index (χ1) is 9.53. The monoisotopic (exact) mass is 286 g/mol. The molecule has 0 fully saturated rings. The predicted octanol–water partition coefficient (Wildman–Crippen LogP) is 1.33. The minimum absolute atomic E-state index is 0.0256. The number of benzene rings is 1. The SMILES string of the molecule is COc1nc(NN)nc(Nc2cc(F)c(F)c(F)c2)n1.